The average molecular weight is 402 g/mol. The first-order valence-corrected chi connectivity index (χ1v) is 8.93. The summed E-state index contributed by atoms with van der Waals surface area (Å²) in [4.78, 5) is 11.7. The Morgan fingerprint density at radius 3 is 2.67 bits per heavy atom. The summed E-state index contributed by atoms with van der Waals surface area (Å²) in [5.41, 5.74) is 1.88. The van der Waals surface area contributed by atoms with E-state index in [2.05, 4.69) is 15.5 Å². The van der Waals surface area contributed by atoms with Gasteiger partial charge in [0.2, 0.25) is 5.69 Å². The molecule has 0 aliphatic rings. The Labute approximate surface area is 169 Å². The molecule has 0 unspecified atom stereocenters. The van der Waals surface area contributed by atoms with Crippen molar-refractivity contribution in [2.45, 2.75) is 0 Å². The predicted octanol–water partition coefficient (Wildman–Crippen LogP) is 4.04. The van der Waals surface area contributed by atoms with Crippen LogP contribution in [-0.2, 0) is 0 Å². The van der Waals surface area contributed by atoms with Crippen LogP contribution < -0.4 is 4.74 Å². The van der Waals surface area contributed by atoms with Crippen LogP contribution in [0.2, 0.25) is 0 Å². The number of fused-ring (bicyclic) bond motifs is 1. The second-order valence-electron chi connectivity index (χ2n) is 6.40. The Hall–Kier alpha value is -4.40. The summed E-state index contributed by atoms with van der Waals surface area (Å²) >= 11 is 0. The molecule has 0 aliphatic heterocycles. The van der Waals surface area contributed by atoms with Crippen LogP contribution in [0, 0.1) is 0 Å². The van der Waals surface area contributed by atoms with Gasteiger partial charge in [0, 0.05) is 11.6 Å². The van der Waals surface area contributed by atoms with Gasteiger partial charge in [0.15, 0.2) is 11.5 Å². The van der Waals surface area contributed by atoms with E-state index in [1.54, 1.807) is 24.3 Å². The Morgan fingerprint density at radius 1 is 1.13 bits per heavy atom. The highest BCUT2D eigenvalue weighted by Gasteiger charge is 2.26. The number of nitrogens with zero attached hydrogens (tertiary/aromatic N) is 4. The highest BCUT2D eigenvalue weighted by molar-refractivity contribution is 5.95. The van der Waals surface area contributed by atoms with Gasteiger partial charge in [0.25, 0.3) is 0 Å². The van der Waals surface area contributed by atoms with Gasteiger partial charge in [-0.2, -0.15) is 0 Å². The van der Waals surface area contributed by atoms with E-state index < -0.39 is 5.97 Å². The minimum absolute atomic E-state index is 0.197. The fraction of sp³-hybridized carbons (Fsp3) is 0.0476. The molecule has 30 heavy (non-hydrogen) atoms. The monoisotopic (exact) mass is 402 g/mol. The van der Waals surface area contributed by atoms with Gasteiger partial charge in [-0.1, -0.05) is 40.7 Å². The maximum Gasteiger partial charge on any atom is 0.358 e. The maximum absolute atomic E-state index is 11.7. The van der Waals surface area contributed by atoms with Crippen molar-refractivity contribution in [3.63, 3.8) is 0 Å². The third-order valence-electron chi connectivity index (χ3n) is 4.67. The molecule has 5 rings (SSSR count). The molecule has 148 valence electrons. The first kappa shape index (κ1) is 17.7. The molecule has 0 atom stereocenters. The standard InChI is InChI=1S/C21H14N4O5/c1-28-17-11-14-13(20(30-23-14)12-6-3-2-4-7-12)10-15(17)25-19(16-8-5-9-29-16)18(21(26)27)22-24-25/h2-11H,1H3,(H,26,27). The lowest BCUT2D eigenvalue weighted by Gasteiger charge is -2.10. The van der Waals surface area contributed by atoms with Crippen molar-refractivity contribution >= 4 is 16.9 Å². The molecule has 0 bridgehead atoms. The topological polar surface area (TPSA) is 116 Å². The molecule has 2 aromatic carbocycles. The highest BCUT2D eigenvalue weighted by Crippen LogP contribution is 2.36. The number of methoxy groups -OCH3 is 1. The Morgan fingerprint density at radius 2 is 1.97 bits per heavy atom. The number of rotatable bonds is 5. The lowest BCUT2D eigenvalue weighted by atomic mass is 10.1. The van der Waals surface area contributed by atoms with Crippen molar-refractivity contribution in [1.29, 1.82) is 0 Å². The third-order valence-corrected chi connectivity index (χ3v) is 4.67. The van der Waals surface area contributed by atoms with Gasteiger partial charge >= 0.3 is 5.97 Å². The van der Waals surface area contributed by atoms with E-state index in [1.165, 1.54) is 18.1 Å². The van der Waals surface area contributed by atoms with Gasteiger partial charge in [-0.25, -0.2) is 9.48 Å². The molecule has 0 radical (unpaired) electrons. The smallest absolute Gasteiger partial charge is 0.358 e. The summed E-state index contributed by atoms with van der Waals surface area (Å²) in [5.74, 6) is 0.0912. The van der Waals surface area contributed by atoms with Gasteiger partial charge in [-0.05, 0) is 18.2 Å². The van der Waals surface area contributed by atoms with Crippen LogP contribution in [0.4, 0.5) is 0 Å². The second-order valence-corrected chi connectivity index (χ2v) is 6.40. The lowest BCUT2D eigenvalue weighted by molar-refractivity contribution is 0.0691. The number of benzene rings is 2. The number of aromatic nitrogens is 4. The molecule has 0 spiro atoms. The minimum Gasteiger partial charge on any atom is -0.494 e. The summed E-state index contributed by atoms with van der Waals surface area (Å²) < 4.78 is 17.9. The number of hydrogen-bond acceptors (Lipinski definition) is 7. The van der Waals surface area contributed by atoms with Crippen LogP contribution in [-0.4, -0.2) is 38.3 Å². The third kappa shape index (κ3) is 2.72. The van der Waals surface area contributed by atoms with E-state index in [1.807, 2.05) is 30.3 Å². The van der Waals surface area contributed by atoms with Gasteiger partial charge in [-0.15, -0.1) is 5.10 Å². The van der Waals surface area contributed by atoms with Crippen molar-refractivity contribution in [2.24, 2.45) is 0 Å². The first-order valence-electron chi connectivity index (χ1n) is 8.93. The summed E-state index contributed by atoms with van der Waals surface area (Å²) in [6, 6.07) is 16.3. The number of hydrogen-bond donors (Lipinski definition) is 1. The van der Waals surface area contributed by atoms with Crippen molar-refractivity contribution in [2.75, 3.05) is 7.11 Å². The van der Waals surface area contributed by atoms with Gasteiger partial charge < -0.3 is 18.8 Å². The Bertz CT molecular complexity index is 1350. The van der Waals surface area contributed by atoms with Gasteiger partial charge in [-0.3, -0.25) is 0 Å². The van der Waals surface area contributed by atoms with Crippen molar-refractivity contribution in [3.05, 3.63) is 66.6 Å². The molecule has 1 N–H and O–H groups in total. The zero-order valence-electron chi connectivity index (χ0n) is 15.6. The molecule has 5 aromatic rings. The van der Waals surface area contributed by atoms with Gasteiger partial charge in [0.1, 0.15) is 22.6 Å². The second kappa shape index (κ2) is 6.89. The quantitative estimate of drug-likeness (QED) is 0.468. The number of carboxylic acid groups (broad SMARTS) is 1. The zero-order valence-corrected chi connectivity index (χ0v) is 15.6. The van der Waals surface area contributed by atoms with Crippen LogP contribution in [0.1, 0.15) is 10.5 Å². The van der Waals surface area contributed by atoms with Crippen LogP contribution in [0.25, 0.3) is 39.4 Å². The molecule has 0 fully saturated rings. The molecular weight excluding hydrogens is 388 g/mol. The van der Waals surface area contributed by atoms with Crippen LogP contribution in [0.5, 0.6) is 5.75 Å². The molecule has 0 amide bonds. The molecule has 9 heteroatoms. The van der Waals surface area contributed by atoms with E-state index in [0.717, 1.165) is 10.9 Å². The Balaban J connectivity index is 1.78. The van der Waals surface area contributed by atoms with Crippen LogP contribution >= 0.6 is 0 Å². The normalized spacial score (nSPS) is 11.1. The maximum atomic E-state index is 11.7. The summed E-state index contributed by atoms with van der Waals surface area (Å²) in [6.45, 7) is 0. The highest BCUT2D eigenvalue weighted by atomic mass is 16.5. The molecule has 9 nitrogen and oxygen atoms in total. The Kier molecular flexibility index (Phi) is 4.06. The number of aromatic carboxylic acids is 1. The molecule has 0 aliphatic carbocycles. The average Bonchev–Trinajstić information content (AvgIpc) is 3.51. The predicted molar refractivity (Wildman–Crippen MR) is 106 cm³/mol. The molecule has 0 saturated heterocycles. The van der Waals surface area contributed by atoms with Crippen LogP contribution in [0.3, 0.4) is 0 Å². The fourth-order valence-electron chi connectivity index (χ4n) is 3.31. The van der Waals surface area contributed by atoms with E-state index in [4.69, 9.17) is 13.7 Å². The van der Waals surface area contributed by atoms with E-state index >= 15 is 0 Å². The molecule has 0 saturated carbocycles. The SMILES string of the molecule is COc1cc2noc(-c3ccccc3)c2cc1-n1nnc(C(=O)O)c1-c1ccco1. The lowest BCUT2D eigenvalue weighted by Crippen LogP contribution is -2.04. The number of carbonyl (C=O) groups is 1. The van der Waals surface area contributed by atoms with Gasteiger partial charge in [0.05, 0.1) is 18.8 Å². The van der Waals surface area contributed by atoms with E-state index in [9.17, 15) is 9.90 Å². The van der Waals surface area contributed by atoms with E-state index in [0.29, 0.717) is 28.5 Å². The summed E-state index contributed by atoms with van der Waals surface area (Å²) in [5, 5.41) is 22.3. The van der Waals surface area contributed by atoms with Crippen LogP contribution in [0.15, 0.2) is 69.8 Å². The zero-order chi connectivity index (χ0) is 20.7. The number of ether oxygens (including phenoxy) is 1. The molecular formula is C21H14N4O5. The molecule has 3 heterocycles. The van der Waals surface area contributed by atoms with Crippen molar-refractivity contribution in [1.82, 2.24) is 20.2 Å². The summed E-state index contributed by atoms with van der Waals surface area (Å²) in [7, 11) is 1.50. The van der Waals surface area contributed by atoms with Crippen molar-refractivity contribution < 1.29 is 23.6 Å². The first-order chi connectivity index (χ1) is 14.7. The number of furan rings is 1. The van der Waals surface area contributed by atoms with Crippen molar-refractivity contribution in [3.8, 4) is 34.2 Å². The minimum atomic E-state index is -1.22. The fourth-order valence-corrected chi connectivity index (χ4v) is 3.31. The largest absolute Gasteiger partial charge is 0.494 e. The number of carboxylic acids is 1. The van der Waals surface area contributed by atoms with E-state index in [-0.39, 0.29) is 11.4 Å². The summed E-state index contributed by atoms with van der Waals surface area (Å²) in [6.07, 6.45) is 1.45. The molecule has 3 aromatic heterocycles.